The Balaban J connectivity index is 1.69. The minimum absolute atomic E-state index is 0.0803. The number of rotatable bonds is 13. The Morgan fingerprint density at radius 1 is 0.891 bits per heavy atom. The summed E-state index contributed by atoms with van der Waals surface area (Å²) in [6.45, 7) is 1.18. The van der Waals surface area contributed by atoms with Crippen molar-refractivity contribution in [2.45, 2.75) is 32.2 Å². The maximum absolute atomic E-state index is 13.6. The SMILES string of the molecule is COC(=O)[C@H](NC(=O)Nc1ccc(C=NNC(=O)OCc2ccccc2)cc1)N(C(=O)[C@H](CC(=O)O)NC(C)=O)c1ccccc1. The molecule has 0 aliphatic rings. The van der Waals surface area contributed by atoms with Gasteiger partial charge in [-0.05, 0) is 35.4 Å². The third-order valence-corrected chi connectivity index (χ3v) is 6.03. The molecular weight excluding hydrogens is 600 g/mol. The van der Waals surface area contributed by atoms with Gasteiger partial charge in [-0.1, -0.05) is 60.7 Å². The molecule has 15 heteroatoms. The van der Waals surface area contributed by atoms with Gasteiger partial charge in [0, 0.05) is 18.3 Å². The smallest absolute Gasteiger partial charge is 0.428 e. The summed E-state index contributed by atoms with van der Waals surface area (Å²) < 4.78 is 9.91. The van der Waals surface area contributed by atoms with E-state index in [9.17, 15) is 33.9 Å². The number of para-hydroxylation sites is 1. The molecule has 0 radical (unpaired) electrons. The maximum atomic E-state index is 13.6. The number of anilines is 2. The average Bonchev–Trinajstić information content (AvgIpc) is 3.04. The van der Waals surface area contributed by atoms with Crippen LogP contribution in [0.3, 0.4) is 0 Å². The minimum Gasteiger partial charge on any atom is -0.481 e. The number of carboxylic acids is 1. The van der Waals surface area contributed by atoms with Gasteiger partial charge in [-0.2, -0.15) is 5.10 Å². The lowest BCUT2D eigenvalue weighted by molar-refractivity contribution is -0.144. The molecule has 0 saturated heterocycles. The highest BCUT2D eigenvalue weighted by molar-refractivity contribution is 6.06. The molecule has 5 amide bonds. The number of hydrogen-bond acceptors (Lipinski definition) is 9. The second-order valence-corrected chi connectivity index (χ2v) is 9.47. The number of hydrazone groups is 1. The summed E-state index contributed by atoms with van der Waals surface area (Å²) in [5.41, 5.74) is 4.02. The monoisotopic (exact) mass is 632 g/mol. The van der Waals surface area contributed by atoms with Gasteiger partial charge in [0.15, 0.2) is 0 Å². The van der Waals surface area contributed by atoms with Crippen molar-refractivity contribution in [2.24, 2.45) is 5.10 Å². The number of carbonyl (C=O) groups excluding carboxylic acids is 5. The zero-order chi connectivity index (χ0) is 33.5. The van der Waals surface area contributed by atoms with E-state index < -0.39 is 54.5 Å². The highest BCUT2D eigenvalue weighted by Gasteiger charge is 2.38. The van der Waals surface area contributed by atoms with Crippen LogP contribution in [-0.4, -0.2) is 66.5 Å². The maximum Gasteiger partial charge on any atom is 0.428 e. The third-order valence-electron chi connectivity index (χ3n) is 6.03. The van der Waals surface area contributed by atoms with E-state index in [1.54, 1.807) is 30.3 Å². The molecule has 0 aliphatic carbocycles. The van der Waals surface area contributed by atoms with Gasteiger partial charge in [-0.25, -0.2) is 19.8 Å². The Labute approximate surface area is 263 Å². The molecule has 15 nitrogen and oxygen atoms in total. The molecule has 3 rings (SSSR count). The van der Waals surface area contributed by atoms with E-state index in [4.69, 9.17) is 9.47 Å². The van der Waals surface area contributed by atoms with E-state index in [0.29, 0.717) is 5.56 Å². The highest BCUT2D eigenvalue weighted by atomic mass is 16.6. The number of urea groups is 1. The van der Waals surface area contributed by atoms with E-state index in [2.05, 4.69) is 26.5 Å². The quantitative estimate of drug-likeness (QED) is 0.0812. The van der Waals surface area contributed by atoms with Crippen LogP contribution in [0.4, 0.5) is 21.0 Å². The van der Waals surface area contributed by atoms with Crippen LogP contribution in [0.15, 0.2) is 90.0 Å². The van der Waals surface area contributed by atoms with Gasteiger partial charge in [-0.3, -0.25) is 19.3 Å². The molecule has 240 valence electrons. The van der Waals surface area contributed by atoms with Crippen LogP contribution in [0.5, 0.6) is 0 Å². The van der Waals surface area contributed by atoms with Crippen molar-refractivity contribution in [3.05, 3.63) is 96.1 Å². The van der Waals surface area contributed by atoms with Crippen LogP contribution >= 0.6 is 0 Å². The van der Waals surface area contributed by atoms with Crippen LogP contribution in [0.25, 0.3) is 0 Å². The number of carboxylic acid groups (broad SMARTS) is 1. The van der Waals surface area contributed by atoms with E-state index in [0.717, 1.165) is 24.5 Å². The summed E-state index contributed by atoms with van der Waals surface area (Å²) in [5, 5.41) is 20.3. The Kier molecular flexibility index (Phi) is 12.8. The number of nitrogens with zero attached hydrogens (tertiary/aromatic N) is 2. The molecule has 0 heterocycles. The number of benzene rings is 3. The number of nitrogens with one attached hydrogen (secondary N) is 4. The van der Waals surface area contributed by atoms with Crippen molar-refractivity contribution in [1.82, 2.24) is 16.1 Å². The number of ether oxygens (including phenoxy) is 2. The normalized spacial score (nSPS) is 11.8. The molecule has 46 heavy (non-hydrogen) atoms. The second-order valence-electron chi connectivity index (χ2n) is 9.47. The molecule has 0 saturated carbocycles. The summed E-state index contributed by atoms with van der Waals surface area (Å²) in [4.78, 5) is 75.4. The molecule has 3 aromatic carbocycles. The summed E-state index contributed by atoms with van der Waals surface area (Å²) >= 11 is 0. The Hall–Kier alpha value is -6.25. The number of methoxy groups -OCH3 is 1. The first-order valence-electron chi connectivity index (χ1n) is 13.7. The number of hydrogen-bond donors (Lipinski definition) is 5. The first-order chi connectivity index (χ1) is 22.1. The molecule has 0 aromatic heterocycles. The number of esters is 1. The summed E-state index contributed by atoms with van der Waals surface area (Å²) in [5.74, 6) is -4.10. The summed E-state index contributed by atoms with van der Waals surface area (Å²) in [6.07, 6.45) is -1.94. The molecule has 0 fully saturated rings. The predicted octanol–water partition coefficient (Wildman–Crippen LogP) is 2.58. The lowest BCUT2D eigenvalue weighted by Gasteiger charge is -2.33. The standard InChI is InChI=1S/C31H32N6O9/c1-20(38)33-25(17-26(39)40)28(41)37(24-11-7-4-8-12-24)27(29(42)45-2)35-30(43)34-23-15-13-21(14-16-23)18-32-36-31(44)46-19-22-9-5-3-6-10-22/h3-16,18,25,27H,17,19H2,1-2H3,(H,33,38)(H,36,44)(H,39,40)(H2,34,35,43)/t25-,27+/m0/s1. The zero-order valence-electron chi connectivity index (χ0n) is 24.8. The van der Waals surface area contributed by atoms with Gasteiger partial charge in [-0.15, -0.1) is 0 Å². The van der Waals surface area contributed by atoms with Crippen molar-refractivity contribution in [2.75, 3.05) is 17.3 Å². The predicted molar refractivity (Wildman–Crippen MR) is 166 cm³/mol. The molecule has 0 spiro atoms. The van der Waals surface area contributed by atoms with Gasteiger partial charge < -0.3 is 30.5 Å². The highest BCUT2D eigenvalue weighted by Crippen LogP contribution is 2.19. The van der Waals surface area contributed by atoms with E-state index in [1.165, 1.54) is 30.5 Å². The molecule has 0 unspecified atom stereocenters. The van der Waals surface area contributed by atoms with E-state index in [-0.39, 0.29) is 18.0 Å². The van der Waals surface area contributed by atoms with E-state index >= 15 is 0 Å². The van der Waals surface area contributed by atoms with Gasteiger partial charge in [0.1, 0.15) is 12.6 Å². The number of carbonyl (C=O) groups is 6. The van der Waals surface area contributed by atoms with Crippen LogP contribution in [0.1, 0.15) is 24.5 Å². The van der Waals surface area contributed by atoms with Crippen LogP contribution < -0.4 is 26.3 Å². The Morgan fingerprint density at radius 3 is 2.11 bits per heavy atom. The molecule has 2 atom stereocenters. The second kappa shape index (κ2) is 17.1. The Bertz CT molecular complexity index is 1530. The molecule has 0 aliphatic heterocycles. The number of aliphatic carboxylic acids is 1. The fourth-order valence-electron chi connectivity index (χ4n) is 3.98. The van der Waals surface area contributed by atoms with Crippen molar-refractivity contribution in [3.8, 4) is 0 Å². The first kappa shape index (κ1) is 34.2. The van der Waals surface area contributed by atoms with E-state index in [1.807, 2.05) is 30.3 Å². The van der Waals surface area contributed by atoms with Gasteiger partial charge in [0.2, 0.25) is 12.1 Å². The summed E-state index contributed by atoms with van der Waals surface area (Å²) in [7, 11) is 1.04. The fourth-order valence-corrected chi connectivity index (χ4v) is 3.98. The molecular formula is C31H32N6O9. The lowest BCUT2D eigenvalue weighted by Crippen LogP contribution is -2.61. The third kappa shape index (κ3) is 10.8. The van der Waals surface area contributed by atoms with Crippen LogP contribution in [-0.2, 0) is 35.3 Å². The van der Waals surface area contributed by atoms with Crippen molar-refractivity contribution >= 4 is 53.5 Å². The van der Waals surface area contributed by atoms with Crippen LogP contribution in [0.2, 0.25) is 0 Å². The van der Waals surface area contributed by atoms with Crippen molar-refractivity contribution in [3.63, 3.8) is 0 Å². The fraction of sp³-hybridized carbons (Fsp3) is 0.194. The van der Waals surface area contributed by atoms with Crippen LogP contribution in [0, 0.1) is 0 Å². The van der Waals surface area contributed by atoms with Gasteiger partial charge >= 0.3 is 24.1 Å². The van der Waals surface area contributed by atoms with Crippen molar-refractivity contribution < 1.29 is 43.3 Å². The Morgan fingerprint density at radius 2 is 1.52 bits per heavy atom. The minimum atomic E-state index is -1.76. The molecule has 0 bridgehead atoms. The summed E-state index contributed by atoms with van der Waals surface area (Å²) in [6, 6.07) is 20.5. The first-order valence-corrected chi connectivity index (χ1v) is 13.7. The molecule has 3 aromatic rings. The lowest BCUT2D eigenvalue weighted by atomic mass is 10.1. The molecule has 5 N–H and O–H groups in total. The van der Waals surface area contributed by atoms with Crippen molar-refractivity contribution in [1.29, 1.82) is 0 Å². The number of amides is 5. The van der Waals surface area contributed by atoms with Gasteiger partial charge in [0.05, 0.1) is 19.7 Å². The largest absolute Gasteiger partial charge is 0.481 e. The van der Waals surface area contributed by atoms with Gasteiger partial charge in [0.25, 0.3) is 5.91 Å². The zero-order valence-corrected chi connectivity index (χ0v) is 24.8. The topological polar surface area (TPSA) is 205 Å². The average molecular weight is 633 g/mol.